The Kier molecular flexibility index (Phi) is 5.85. The number of carbonyl (C=O) groups excluding carboxylic acids is 1. The number of carbonyl (C=O) groups is 1. The highest BCUT2D eigenvalue weighted by molar-refractivity contribution is 5.91. The van der Waals surface area contributed by atoms with Gasteiger partial charge in [-0.25, -0.2) is 4.68 Å². The lowest BCUT2D eigenvalue weighted by Crippen LogP contribution is -2.29. The first-order valence-corrected chi connectivity index (χ1v) is 8.84. The lowest BCUT2D eigenvalue weighted by molar-refractivity contribution is 0.0911. The highest BCUT2D eigenvalue weighted by Crippen LogP contribution is 2.26. The van der Waals surface area contributed by atoms with Gasteiger partial charge >= 0.3 is 0 Å². The van der Waals surface area contributed by atoms with Gasteiger partial charge in [-0.3, -0.25) is 4.79 Å². The molecule has 1 aromatic carbocycles. The van der Waals surface area contributed by atoms with Gasteiger partial charge in [-0.1, -0.05) is 17.3 Å². The number of aliphatic hydroxyl groups is 1. The van der Waals surface area contributed by atoms with E-state index in [2.05, 4.69) is 15.6 Å². The van der Waals surface area contributed by atoms with E-state index in [9.17, 15) is 9.90 Å². The lowest BCUT2D eigenvalue weighted by Gasteiger charge is -2.25. The molecule has 1 aliphatic rings. The van der Waals surface area contributed by atoms with E-state index in [1.165, 1.54) is 0 Å². The maximum absolute atomic E-state index is 12.3. The molecule has 2 aromatic rings. The molecular weight excluding hydrogens is 334 g/mol. The van der Waals surface area contributed by atoms with E-state index in [4.69, 9.17) is 10.5 Å². The maximum Gasteiger partial charge on any atom is 0.273 e. The summed E-state index contributed by atoms with van der Waals surface area (Å²) < 4.78 is 6.89. The summed E-state index contributed by atoms with van der Waals surface area (Å²) in [6, 6.07) is 7.61. The van der Waals surface area contributed by atoms with Crippen molar-refractivity contribution in [2.45, 2.75) is 43.9 Å². The van der Waals surface area contributed by atoms with Crippen LogP contribution in [-0.2, 0) is 0 Å². The number of nitrogens with zero attached hydrogens (tertiary/aromatic N) is 3. The molecule has 1 heterocycles. The minimum Gasteiger partial charge on any atom is -0.497 e. The fraction of sp³-hybridized carbons (Fsp3) is 0.500. The molecule has 8 heteroatoms. The molecule has 1 amide bonds. The Hall–Kier alpha value is -2.45. The van der Waals surface area contributed by atoms with Crippen molar-refractivity contribution < 1.29 is 14.6 Å². The van der Waals surface area contributed by atoms with Crippen LogP contribution in [0.2, 0.25) is 0 Å². The second-order valence-corrected chi connectivity index (χ2v) is 6.65. The van der Waals surface area contributed by atoms with Crippen LogP contribution < -0.4 is 15.8 Å². The molecule has 0 radical (unpaired) electrons. The maximum atomic E-state index is 12.3. The highest BCUT2D eigenvalue weighted by atomic mass is 16.5. The minimum absolute atomic E-state index is 0.0805. The number of hydrogen-bond donors (Lipinski definition) is 3. The number of nitrogens with two attached hydrogens (primary N) is 1. The Morgan fingerprint density at radius 1 is 1.42 bits per heavy atom. The molecular formula is C18H25N5O3. The van der Waals surface area contributed by atoms with E-state index in [1.807, 2.05) is 0 Å². The molecule has 0 spiro atoms. The number of nitrogens with one attached hydrogen (secondary N) is 1. The van der Waals surface area contributed by atoms with Crippen LogP contribution in [0.1, 0.15) is 53.9 Å². The van der Waals surface area contributed by atoms with Gasteiger partial charge in [0, 0.05) is 12.6 Å². The molecule has 140 valence electrons. The van der Waals surface area contributed by atoms with Crippen LogP contribution in [0.15, 0.2) is 30.5 Å². The summed E-state index contributed by atoms with van der Waals surface area (Å²) in [7, 11) is 1.57. The smallest absolute Gasteiger partial charge is 0.273 e. The standard InChI is InChI=1S/C18H25N5O3/c1-26-15-4-2-3-12(9-15)17(24)10-20-18(25)16-11-23(22-21-16)14-7-5-13(19)6-8-14/h2-4,9,11,13-14,17,24H,5-8,10,19H2,1H3,(H,20,25). The number of amides is 1. The molecule has 1 unspecified atom stereocenters. The fourth-order valence-electron chi connectivity index (χ4n) is 3.17. The third-order valence-corrected chi connectivity index (χ3v) is 4.79. The summed E-state index contributed by atoms with van der Waals surface area (Å²) in [4.78, 5) is 12.3. The molecule has 4 N–H and O–H groups in total. The van der Waals surface area contributed by atoms with E-state index in [-0.39, 0.29) is 30.2 Å². The van der Waals surface area contributed by atoms with E-state index >= 15 is 0 Å². The summed E-state index contributed by atoms with van der Waals surface area (Å²) in [6.45, 7) is 0.0805. The Morgan fingerprint density at radius 2 is 2.19 bits per heavy atom. The number of benzene rings is 1. The molecule has 1 fully saturated rings. The minimum atomic E-state index is -0.830. The molecule has 0 saturated heterocycles. The Balaban J connectivity index is 1.55. The Morgan fingerprint density at radius 3 is 2.92 bits per heavy atom. The van der Waals surface area contributed by atoms with Gasteiger partial charge in [-0.2, -0.15) is 0 Å². The van der Waals surface area contributed by atoms with Crippen molar-refractivity contribution in [2.75, 3.05) is 13.7 Å². The fourth-order valence-corrected chi connectivity index (χ4v) is 3.17. The molecule has 1 aromatic heterocycles. The molecule has 26 heavy (non-hydrogen) atoms. The first-order chi connectivity index (χ1) is 12.6. The molecule has 1 aliphatic carbocycles. The van der Waals surface area contributed by atoms with Crippen LogP contribution in [0, 0.1) is 0 Å². The van der Waals surface area contributed by atoms with Gasteiger partial charge in [-0.05, 0) is 43.4 Å². The second-order valence-electron chi connectivity index (χ2n) is 6.65. The van der Waals surface area contributed by atoms with Crippen molar-refractivity contribution in [1.29, 1.82) is 0 Å². The van der Waals surface area contributed by atoms with Crippen LogP contribution in [0.3, 0.4) is 0 Å². The predicted octanol–water partition coefficient (Wildman–Crippen LogP) is 1.19. The lowest BCUT2D eigenvalue weighted by atomic mass is 9.92. The monoisotopic (exact) mass is 359 g/mol. The summed E-state index contributed by atoms with van der Waals surface area (Å²) >= 11 is 0. The third-order valence-electron chi connectivity index (χ3n) is 4.79. The van der Waals surface area contributed by atoms with E-state index in [1.54, 1.807) is 42.3 Å². The van der Waals surface area contributed by atoms with E-state index in [0.29, 0.717) is 11.3 Å². The van der Waals surface area contributed by atoms with E-state index in [0.717, 1.165) is 25.7 Å². The first kappa shape index (κ1) is 18.3. The van der Waals surface area contributed by atoms with Crippen LogP contribution in [-0.4, -0.2) is 45.7 Å². The Labute approximate surface area is 152 Å². The molecule has 1 saturated carbocycles. The molecule has 3 rings (SSSR count). The quantitative estimate of drug-likeness (QED) is 0.714. The zero-order chi connectivity index (χ0) is 18.5. The van der Waals surface area contributed by atoms with Gasteiger partial charge < -0.3 is 20.9 Å². The average Bonchev–Trinajstić information content (AvgIpc) is 3.16. The van der Waals surface area contributed by atoms with Crippen molar-refractivity contribution in [2.24, 2.45) is 5.73 Å². The summed E-state index contributed by atoms with van der Waals surface area (Å²) in [5.41, 5.74) is 6.84. The second kappa shape index (κ2) is 8.29. The van der Waals surface area contributed by atoms with Crippen molar-refractivity contribution in [3.05, 3.63) is 41.7 Å². The molecule has 0 bridgehead atoms. The summed E-state index contributed by atoms with van der Waals surface area (Å²) in [6.07, 6.45) is 4.64. The van der Waals surface area contributed by atoms with Gasteiger partial charge in [0.2, 0.25) is 0 Å². The third kappa shape index (κ3) is 4.39. The van der Waals surface area contributed by atoms with Gasteiger partial charge in [0.25, 0.3) is 5.91 Å². The van der Waals surface area contributed by atoms with Crippen LogP contribution >= 0.6 is 0 Å². The zero-order valence-electron chi connectivity index (χ0n) is 14.8. The predicted molar refractivity (Wildman–Crippen MR) is 95.8 cm³/mol. The Bertz CT molecular complexity index is 740. The number of hydrogen-bond acceptors (Lipinski definition) is 6. The van der Waals surface area contributed by atoms with E-state index < -0.39 is 6.10 Å². The van der Waals surface area contributed by atoms with Crippen LogP contribution in [0.4, 0.5) is 0 Å². The average molecular weight is 359 g/mol. The van der Waals surface area contributed by atoms with Crippen LogP contribution in [0.5, 0.6) is 5.75 Å². The number of rotatable bonds is 6. The van der Waals surface area contributed by atoms with Gasteiger partial charge in [0.05, 0.1) is 25.5 Å². The first-order valence-electron chi connectivity index (χ1n) is 8.84. The topological polar surface area (TPSA) is 115 Å². The van der Waals surface area contributed by atoms with Crippen molar-refractivity contribution in [3.8, 4) is 5.75 Å². The highest BCUT2D eigenvalue weighted by Gasteiger charge is 2.22. The molecule has 1 atom stereocenters. The molecule has 0 aliphatic heterocycles. The number of methoxy groups -OCH3 is 1. The number of aliphatic hydroxyl groups excluding tert-OH is 1. The van der Waals surface area contributed by atoms with Crippen LogP contribution in [0.25, 0.3) is 0 Å². The largest absolute Gasteiger partial charge is 0.497 e. The summed E-state index contributed by atoms with van der Waals surface area (Å²) in [5.74, 6) is 0.300. The van der Waals surface area contributed by atoms with Crippen molar-refractivity contribution >= 4 is 5.91 Å². The SMILES string of the molecule is COc1cccc(C(O)CNC(=O)c2cn(C3CCC(N)CC3)nn2)c1. The van der Waals surface area contributed by atoms with Crippen molar-refractivity contribution in [1.82, 2.24) is 20.3 Å². The van der Waals surface area contributed by atoms with Gasteiger partial charge in [-0.15, -0.1) is 5.10 Å². The van der Waals surface area contributed by atoms with Gasteiger partial charge in [0.1, 0.15) is 5.75 Å². The number of ether oxygens (including phenoxy) is 1. The normalized spacial score (nSPS) is 21.2. The van der Waals surface area contributed by atoms with Crippen molar-refractivity contribution in [3.63, 3.8) is 0 Å². The number of aromatic nitrogens is 3. The molecule has 8 nitrogen and oxygen atoms in total. The van der Waals surface area contributed by atoms with Gasteiger partial charge in [0.15, 0.2) is 5.69 Å². The summed E-state index contributed by atoms with van der Waals surface area (Å²) in [5, 5.41) is 21.0. The zero-order valence-corrected chi connectivity index (χ0v) is 14.8.